The Kier molecular flexibility index (Phi) is 8.48. The first-order valence-corrected chi connectivity index (χ1v) is 16.6. The molecule has 5 heterocycles. The largest absolute Gasteiger partial charge is 0.445 e. The first-order chi connectivity index (χ1) is 20.3. The van der Waals surface area contributed by atoms with E-state index in [2.05, 4.69) is 37.2 Å². The SMILES string of the molecule is O=C(OC1CNC(C#Cc2cc3ncnc(Nc4ccc(NS(=O)(=O)c5cccs5)c(Cl)c4)c3s2)C1)N1CCOCC1. The number of hydrogen-bond donors (Lipinski definition) is 3. The van der Waals surface area contributed by atoms with E-state index in [0.717, 1.165) is 26.4 Å². The van der Waals surface area contributed by atoms with Crippen LogP contribution >= 0.6 is 34.3 Å². The van der Waals surface area contributed by atoms with Crippen LogP contribution in [0.1, 0.15) is 11.3 Å². The van der Waals surface area contributed by atoms with Gasteiger partial charge in [-0.1, -0.05) is 29.5 Å². The van der Waals surface area contributed by atoms with E-state index in [-0.39, 0.29) is 33.2 Å². The fourth-order valence-corrected chi connectivity index (χ4v) is 7.73. The summed E-state index contributed by atoms with van der Waals surface area (Å²) in [6.07, 6.45) is 1.54. The molecule has 0 saturated carbocycles. The van der Waals surface area contributed by atoms with Crippen molar-refractivity contribution in [1.29, 1.82) is 0 Å². The number of amides is 1. The van der Waals surface area contributed by atoms with Gasteiger partial charge in [-0.3, -0.25) is 10.0 Å². The summed E-state index contributed by atoms with van der Waals surface area (Å²) >= 11 is 8.99. The van der Waals surface area contributed by atoms with Crippen LogP contribution in [0.3, 0.4) is 0 Å². The van der Waals surface area contributed by atoms with E-state index in [1.54, 1.807) is 34.5 Å². The lowest BCUT2D eigenvalue weighted by molar-refractivity contribution is 0.0156. The van der Waals surface area contributed by atoms with Crippen molar-refractivity contribution in [3.05, 3.63) is 58.0 Å². The van der Waals surface area contributed by atoms with Gasteiger partial charge in [-0.05, 0) is 35.7 Å². The number of sulfonamides is 1. The molecule has 0 aliphatic carbocycles. The van der Waals surface area contributed by atoms with Gasteiger partial charge in [0.15, 0.2) is 5.82 Å². The van der Waals surface area contributed by atoms with Crippen molar-refractivity contribution >= 4 is 77.8 Å². The summed E-state index contributed by atoms with van der Waals surface area (Å²) in [5.41, 5.74) is 1.65. The molecular formula is C27H25ClN6O5S3. The summed E-state index contributed by atoms with van der Waals surface area (Å²) in [5, 5.41) is 8.49. The maximum Gasteiger partial charge on any atom is 0.410 e. The second kappa shape index (κ2) is 12.4. The quantitative estimate of drug-likeness (QED) is 0.259. The van der Waals surface area contributed by atoms with E-state index in [0.29, 0.717) is 50.8 Å². The van der Waals surface area contributed by atoms with Crippen LogP contribution in [0.25, 0.3) is 10.2 Å². The van der Waals surface area contributed by atoms with Crippen LogP contribution in [-0.2, 0) is 19.5 Å². The number of hydrogen-bond acceptors (Lipinski definition) is 11. The second-order valence-corrected chi connectivity index (χ2v) is 13.8. The molecule has 4 aromatic rings. The van der Waals surface area contributed by atoms with Gasteiger partial charge in [0, 0.05) is 31.7 Å². The molecule has 2 aliphatic rings. The predicted octanol–water partition coefficient (Wildman–Crippen LogP) is 4.50. The number of carbonyl (C=O) groups excluding carboxylic acids is 1. The number of carbonyl (C=O) groups is 1. The van der Waals surface area contributed by atoms with Crippen molar-refractivity contribution in [3.63, 3.8) is 0 Å². The molecule has 2 aliphatic heterocycles. The van der Waals surface area contributed by atoms with E-state index >= 15 is 0 Å². The van der Waals surface area contributed by atoms with Gasteiger partial charge in [0.05, 0.1) is 45.1 Å². The van der Waals surface area contributed by atoms with Gasteiger partial charge in [0.1, 0.15) is 16.6 Å². The smallest absolute Gasteiger partial charge is 0.410 e. The number of benzene rings is 1. The lowest BCUT2D eigenvalue weighted by Crippen LogP contribution is -2.42. The molecule has 2 atom stereocenters. The molecule has 6 rings (SSSR count). The third-order valence-corrected chi connectivity index (χ3v) is 10.7. The van der Waals surface area contributed by atoms with Crippen molar-refractivity contribution in [2.45, 2.75) is 22.8 Å². The van der Waals surface area contributed by atoms with E-state index < -0.39 is 10.0 Å². The molecule has 3 N–H and O–H groups in total. The van der Waals surface area contributed by atoms with Crippen LogP contribution in [0, 0.1) is 11.8 Å². The molecule has 11 nitrogen and oxygen atoms in total. The molecule has 2 saturated heterocycles. The Balaban J connectivity index is 1.10. The number of fused-ring (bicyclic) bond motifs is 1. The van der Waals surface area contributed by atoms with Crippen molar-refractivity contribution in [3.8, 4) is 11.8 Å². The molecule has 0 spiro atoms. The minimum atomic E-state index is -3.72. The molecule has 1 aromatic carbocycles. The van der Waals surface area contributed by atoms with Gasteiger partial charge >= 0.3 is 6.09 Å². The first-order valence-electron chi connectivity index (χ1n) is 13.0. The summed E-state index contributed by atoms with van der Waals surface area (Å²) in [5.74, 6) is 7.03. The monoisotopic (exact) mass is 644 g/mol. The van der Waals surface area contributed by atoms with Crippen LogP contribution in [0.5, 0.6) is 0 Å². The van der Waals surface area contributed by atoms with Crippen LogP contribution < -0.4 is 15.4 Å². The zero-order valence-corrected chi connectivity index (χ0v) is 25.2. The minimum Gasteiger partial charge on any atom is -0.445 e. The highest BCUT2D eigenvalue weighted by Crippen LogP contribution is 2.33. The molecule has 218 valence electrons. The number of nitrogens with one attached hydrogen (secondary N) is 3. The van der Waals surface area contributed by atoms with Crippen LogP contribution in [-0.4, -0.2) is 74.4 Å². The van der Waals surface area contributed by atoms with Gasteiger partial charge in [-0.25, -0.2) is 23.2 Å². The molecular weight excluding hydrogens is 620 g/mol. The lowest BCUT2D eigenvalue weighted by Gasteiger charge is -2.27. The number of aromatic nitrogens is 2. The fraction of sp³-hybridized carbons (Fsp3) is 0.296. The van der Waals surface area contributed by atoms with E-state index in [4.69, 9.17) is 21.1 Å². The van der Waals surface area contributed by atoms with E-state index in [9.17, 15) is 13.2 Å². The molecule has 15 heteroatoms. The number of halogens is 1. The van der Waals surface area contributed by atoms with E-state index in [1.165, 1.54) is 23.7 Å². The van der Waals surface area contributed by atoms with Crippen molar-refractivity contribution in [2.75, 3.05) is 42.9 Å². The summed E-state index contributed by atoms with van der Waals surface area (Å²) in [7, 11) is -3.72. The normalized spacial score (nSPS) is 18.8. The highest BCUT2D eigenvalue weighted by molar-refractivity contribution is 7.94. The molecule has 2 unspecified atom stereocenters. The van der Waals surface area contributed by atoms with Crippen molar-refractivity contribution < 1.29 is 22.7 Å². The minimum absolute atomic E-state index is 0.0979. The Hall–Kier alpha value is -3.45. The number of anilines is 3. The molecule has 0 bridgehead atoms. The van der Waals surface area contributed by atoms with Crippen LogP contribution in [0.15, 0.2) is 52.3 Å². The maximum absolute atomic E-state index is 12.6. The Morgan fingerprint density at radius 3 is 2.86 bits per heavy atom. The average molecular weight is 645 g/mol. The lowest BCUT2D eigenvalue weighted by atomic mass is 10.2. The van der Waals surface area contributed by atoms with Crippen molar-refractivity contribution in [2.24, 2.45) is 0 Å². The van der Waals surface area contributed by atoms with Crippen LogP contribution in [0.4, 0.5) is 22.0 Å². The molecule has 2 fully saturated rings. The first kappa shape index (κ1) is 28.7. The molecule has 0 radical (unpaired) electrons. The predicted molar refractivity (Wildman–Crippen MR) is 163 cm³/mol. The Morgan fingerprint density at radius 2 is 2.07 bits per heavy atom. The summed E-state index contributed by atoms with van der Waals surface area (Å²) < 4.78 is 39.6. The highest BCUT2D eigenvalue weighted by atomic mass is 35.5. The van der Waals surface area contributed by atoms with Crippen molar-refractivity contribution in [1.82, 2.24) is 20.2 Å². The van der Waals surface area contributed by atoms with Gasteiger partial charge < -0.3 is 19.7 Å². The third kappa shape index (κ3) is 6.62. The van der Waals surface area contributed by atoms with Crippen LogP contribution in [0.2, 0.25) is 5.02 Å². The standard InChI is InChI=1S/C27H25ClN6O5S3/c28-21-13-18(4-6-22(21)33-42(36,37)24-2-1-11-40-24)32-26-25-23(30-16-31-26)14-20(41-25)5-3-17-12-19(15-29-17)39-27(35)34-7-9-38-10-8-34/h1-2,4,6,11,13-14,16-17,19,29,33H,7-10,12,15H2,(H,30,31,32). The zero-order valence-electron chi connectivity index (χ0n) is 22.0. The Labute approximate surface area is 255 Å². The average Bonchev–Trinajstić information content (AvgIpc) is 3.76. The topological polar surface area (TPSA) is 135 Å². The number of ether oxygens (including phenoxy) is 2. The Bertz CT molecular complexity index is 1760. The molecule has 42 heavy (non-hydrogen) atoms. The summed E-state index contributed by atoms with van der Waals surface area (Å²) in [6, 6.07) is 9.95. The number of morpholine rings is 1. The third-order valence-electron chi connectivity index (χ3n) is 6.54. The Morgan fingerprint density at radius 1 is 1.21 bits per heavy atom. The molecule has 3 aromatic heterocycles. The number of nitrogens with zero attached hydrogens (tertiary/aromatic N) is 3. The zero-order chi connectivity index (χ0) is 29.1. The molecule has 1 amide bonds. The van der Waals surface area contributed by atoms with Gasteiger partial charge in [0.25, 0.3) is 10.0 Å². The second-order valence-electron chi connectivity index (χ2n) is 9.48. The summed E-state index contributed by atoms with van der Waals surface area (Å²) in [4.78, 5) is 23.6. The maximum atomic E-state index is 12.6. The van der Waals surface area contributed by atoms with E-state index in [1.807, 2.05) is 6.07 Å². The fourth-order valence-electron chi connectivity index (χ4n) is 4.45. The summed E-state index contributed by atoms with van der Waals surface area (Å²) in [6.45, 7) is 2.71. The number of rotatable bonds is 6. The number of thiophene rings is 2. The highest BCUT2D eigenvalue weighted by Gasteiger charge is 2.28. The van der Waals surface area contributed by atoms with Gasteiger partial charge in [-0.2, -0.15) is 0 Å². The van der Waals surface area contributed by atoms with Gasteiger partial charge in [-0.15, -0.1) is 22.7 Å². The van der Waals surface area contributed by atoms with Gasteiger partial charge in [0.2, 0.25) is 0 Å².